The van der Waals surface area contributed by atoms with E-state index in [9.17, 15) is 0 Å². The molecule has 96 valence electrons. The highest BCUT2D eigenvalue weighted by molar-refractivity contribution is 5.45. The monoisotopic (exact) mass is 246 g/mol. The van der Waals surface area contributed by atoms with E-state index in [0.717, 1.165) is 6.54 Å². The third kappa shape index (κ3) is 3.30. The summed E-state index contributed by atoms with van der Waals surface area (Å²) in [6.45, 7) is 3.20. The van der Waals surface area contributed by atoms with Crippen LogP contribution in [0.3, 0.4) is 0 Å². The summed E-state index contributed by atoms with van der Waals surface area (Å²) >= 11 is 0. The van der Waals surface area contributed by atoms with Crippen LogP contribution in [-0.4, -0.2) is 24.2 Å². The lowest BCUT2D eigenvalue weighted by Crippen LogP contribution is -2.14. The summed E-state index contributed by atoms with van der Waals surface area (Å²) in [6, 6.07) is 8.44. The molecule has 1 N–H and O–H groups in total. The van der Waals surface area contributed by atoms with E-state index < -0.39 is 0 Å². The standard InChI is InChI=1S/C13H18N4O/c1-10-15-13(16-18-10)9-14-8-11-4-6-12(7-5-11)17(2)3/h4-7,14H,8-9H2,1-3H3. The van der Waals surface area contributed by atoms with Gasteiger partial charge < -0.3 is 14.7 Å². The predicted octanol–water partition coefficient (Wildman–Crippen LogP) is 1.73. The van der Waals surface area contributed by atoms with Gasteiger partial charge >= 0.3 is 0 Å². The van der Waals surface area contributed by atoms with E-state index in [0.29, 0.717) is 18.3 Å². The Kier molecular flexibility index (Phi) is 3.94. The van der Waals surface area contributed by atoms with Gasteiger partial charge in [-0.25, -0.2) is 0 Å². The molecular weight excluding hydrogens is 228 g/mol. The van der Waals surface area contributed by atoms with E-state index >= 15 is 0 Å². The highest BCUT2D eigenvalue weighted by Gasteiger charge is 2.01. The van der Waals surface area contributed by atoms with Crippen molar-refractivity contribution < 1.29 is 4.52 Å². The summed E-state index contributed by atoms with van der Waals surface area (Å²) in [5.74, 6) is 1.29. The van der Waals surface area contributed by atoms with Crippen LogP contribution in [0.5, 0.6) is 0 Å². The minimum Gasteiger partial charge on any atom is -0.378 e. The Hall–Kier alpha value is -1.88. The van der Waals surface area contributed by atoms with Crippen LogP contribution in [0.2, 0.25) is 0 Å². The van der Waals surface area contributed by atoms with Crippen molar-refractivity contribution in [3.8, 4) is 0 Å². The normalized spacial score (nSPS) is 10.6. The molecule has 0 aliphatic rings. The maximum absolute atomic E-state index is 4.90. The second-order valence-electron chi connectivity index (χ2n) is 4.39. The SMILES string of the molecule is Cc1nc(CNCc2ccc(N(C)C)cc2)no1. The van der Waals surface area contributed by atoms with Gasteiger partial charge in [0.05, 0.1) is 6.54 Å². The van der Waals surface area contributed by atoms with Gasteiger partial charge in [0.1, 0.15) is 0 Å². The van der Waals surface area contributed by atoms with Gasteiger partial charge in [-0.2, -0.15) is 4.98 Å². The third-order valence-corrected chi connectivity index (χ3v) is 2.63. The van der Waals surface area contributed by atoms with Gasteiger partial charge in [-0.1, -0.05) is 17.3 Å². The summed E-state index contributed by atoms with van der Waals surface area (Å²) in [6.07, 6.45) is 0. The van der Waals surface area contributed by atoms with Crippen molar-refractivity contribution in [3.05, 3.63) is 41.5 Å². The van der Waals surface area contributed by atoms with Crippen molar-refractivity contribution in [1.29, 1.82) is 0 Å². The molecule has 1 aromatic carbocycles. The van der Waals surface area contributed by atoms with Crippen molar-refractivity contribution in [2.24, 2.45) is 0 Å². The first-order chi connectivity index (χ1) is 8.65. The van der Waals surface area contributed by atoms with Crippen LogP contribution in [0.1, 0.15) is 17.3 Å². The minimum absolute atomic E-state index is 0.599. The van der Waals surface area contributed by atoms with Gasteiger partial charge in [0.15, 0.2) is 5.82 Å². The molecule has 2 rings (SSSR count). The first kappa shape index (κ1) is 12.6. The fraction of sp³-hybridized carbons (Fsp3) is 0.385. The molecule has 0 aliphatic heterocycles. The zero-order valence-corrected chi connectivity index (χ0v) is 11.0. The number of aryl methyl sites for hydroxylation is 1. The summed E-state index contributed by atoms with van der Waals surface area (Å²) in [5, 5.41) is 7.11. The molecule has 0 fully saturated rings. The summed E-state index contributed by atoms with van der Waals surface area (Å²) in [5.41, 5.74) is 2.44. The van der Waals surface area contributed by atoms with Crippen LogP contribution in [0, 0.1) is 6.92 Å². The largest absolute Gasteiger partial charge is 0.378 e. The van der Waals surface area contributed by atoms with E-state index in [1.54, 1.807) is 6.92 Å². The molecule has 2 aromatic rings. The van der Waals surface area contributed by atoms with Crippen LogP contribution in [-0.2, 0) is 13.1 Å². The Balaban J connectivity index is 1.83. The second kappa shape index (κ2) is 5.64. The summed E-state index contributed by atoms with van der Waals surface area (Å²) in [4.78, 5) is 6.21. The van der Waals surface area contributed by atoms with Crippen molar-refractivity contribution in [3.63, 3.8) is 0 Å². The van der Waals surface area contributed by atoms with Gasteiger partial charge in [-0.05, 0) is 17.7 Å². The number of rotatable bonds is 5. The van der Waals surface area contributed by atoms with Crippen molar-refractivity contribution in [1.82, 2.24) is 15.5 Å². The van der Waals surface area contributed by atoms with Crippen molar-refractivity contribution in [2.45, 2.75) is 20.0 Å². The van der Waals surface area contributed by atoms with Crippen molar-refractivity contribution >= 4 is 5.69 Å². The number of anilines is 1. The van der Waals surface area contributed by atoms with Gasteiger partial charge in [-0.15, -0.1) is 0 Å². The fourth-order valence-electron chi connectivity index (χ4n) is 1.64. The van der Waals surface area contributed by atoms with Gasteiger partial charge in [0.2, 0.25) is 5.89 Å². The summed E-state index contributed by atoms with van der Waals surface area (Å²) < 4.78 is 4.90. The molecular formula is C13H18N4O. The Morgan fingerprint density at radius 3 is 2.44 bits per heavy atom. The van der Waals surface area contributed by atoms with E-state index in [4.69, 9.17) is 4.52 Å². The van der Waals surface area contributed by atoms with Crippen LogP contribution >= 0.6 is 0 Å². The average Bonchev–Trinajstić information content (AvgIpc) is 2.76. The van der Waals surface area contributed by atoms with Crippen LogP contribution in [0.4, 0.5) is 5.69 Å². The van der Waals surface area contributed by atoms with E-state index in [-0.39, 0.29) is 0 Å². The molecule has 0 unspecified atom stereocenters. The van der Waals surface area contributed by atoms with E-state index in [2.05, 4.69) is 44.6 Å². The Morgan fingerprint density at radius 1 is 1.17 bits per heavy atom. The lowest BCUT2D eigenvalue weighted by molar-refractivity contribution is 0.385. The maximum Gasteiger partial charge on any atom is 0.223 e. The lowest BCUT2D eigenvalue weighted by atomic mass is 10.2. The summed E-state index contributed by atoms with van der Waals surface area (Å²) in [7, 11) is 4.07. The number of hydrogen-bond acceptors (Lipinski definition) is 5. The Bertz CT molecular complexity index is 490. The topological polar surface area (TPSA) is 54.2 Å². The molecule has 5 nitrogen and oxygen atoms in total. The molecule has 5 heteroatoms. The zero-order chi connectivity index (χ0) is 13.0. The molecule has 18 heavy (non-hydrogen) atoms. The molecule has 0 bridgehead atoms. The molecule has 0 aliphatic carbocycles. The first-order valence-corrected chi connectivity index (χ1v) is 5.91. The highest BCUT2D eigenvalue weighted by Crippen LogP contribution is 2.12. The quantitative estimate of drug-likeness (QED) is 0.870. The minimum atomic E-state index is 0.599. The van der Waals surface area contributed by atoms with Crippen LogP contribution in [0.25, 0.3) is 0 Å². The molecule has 1 heterocycles. The zero-order valence-electron chi connectivity index (χ0n) is 11.0. The molecule has 0 atom stereocenters. The fourth-order valence-corrected chi connectivity index (χ4v) is 1.64. The Labute approximate surface area is 107 Å². The predicted molar refractivity (Wildman–Crippen MR) is 70.3 cm³/mol. The number of aromatic nitrogens is 2. The van der Waals surface area contributed by atoms with Crippen LogP contribution < -0.4 is 10.2 Å². The van der Waals surface area contributed by atoms with Gasteiger partial charge in [-0.3, -0.25) is 0 Å². The van der Waals surface area contributed by atoms with Crippen molar-refractivity contribution in [2.75, 3.05) is 19.0 Å². The Morgan fingerprint density at radius 2 is 1.89 bits per heavy atom. The van der Waals surface area contributed by atoms with E-state index in [1.807, 2.05) is 14.1 Å². The molecule has 0 amide bonds. The first-order valence-electron chi connectivity index (χ1n) is 5.91. The second-order valence-corrected chi connectivity index (χ2v) is 4.39. The third-order valence-electron chi connectivity index (χ3n) is 2.63. The lowest BCUT2D eigenvalue weighted by Gasteiger charge is -2.12. The maximum atomic E-state index is 4.90. The molecule has 0 spiro atoms. The van der Waals surface area contributed by atoms with E-state index in [1.165, 1.54) is 11.3 Å². The highest BCUT2D eigenvalue weighted by atomic mass is 16.5. The number of benzene rings is 1. The molecule has 0 saturated heterocycles. The molecule has 0 saturated carbocycles. The number of nitrogens with one attached hydrogen (secondary N) is 1. The number of hydrogen-bond donors (Lipinski definition) is 1. The van der Waals surface area contributed by atoms with Gasteiger partial charge in [0.25, 0.3) is 0 Å². The number of nitrogens with zero attached hydrogens (tertiary/aromatic N) is 3. The molecule has 0 radical (unpaired) electrons. The van der Waals surface area contributed by atoms with Crippen LogP contribution in [0.15, 0.2) is 28.8 Å². The van der Waals surface area contributed by atoms with Gasteiger partial charge in [0, 0.05) is 33.3 Å². The average molecular weight is 246 g/mol. The molecule has 1 aromatic heterocycles. The smallest absolute Gasteiger partial charge is 0.223 e.